The first-order valence-electron chi connectivity index (χ1n) is 8.95. The number of aliphatic imine (C=N–C) groups is 1. The second-order valence-corrected chi connectivity index (χ2v) is 8.71. The van der Waals surface area contributed by atoms with E-state index in [1.807, 2.05) is 25.2 Å². The number of amidine groups is 1. The van der Waals surface area contributed by atoms with E-state index in [4.69, 9.17) is 9.73 Å². The predicted octanol–water partition coefficient (Wildman–Crippen LogP) is 4.99. The highest BCUT2D eigenvalue weighted by Gasteiger charge is 2.34. The van der Waals surface area contributed by atoms with Crippen molar-refractivity contribution in [3.63, 3.8) is 0 Å². The van der Waals surface area contributed by atoms with Gasteiger partial charge in [-0.3, -0.25) is 10.1 Å². The Morgan fingerprint density at radius 2 is 1.93 bits per heavy atom. The van der Waals surface area contributed by atoms with Gasteiger partial charge < -0.3 is 9.64 Å². The highest BCUT2D eigenvalue weighted by molar-refractivity contribution is 8.14. The molecular formula is C20H25N3O3S. The Labute approximate surface area is 163 Å². The number of hydrogen-bond donors (Lipinski definition) is 0. The quantitative estimate of drug-likeness (QED) is 0.546. The van der Waals surface area contributed by atoms with Gasteiger partial charge in [0, 0.05) is 24.3 Å². The highest BCUT2D eigenvalue weighted by Crippen LogP contribution is 2.35. The van der Waals surface area contributed by atoms with Crippen LogP contribution in [0.15, 0.2) is 41.4 Å². The molecule has 0 bridgehead atoms. The van der Waals surface area contributed by atoms with Gasteiger partial charge in [0.1, 0.15) is 0 Å². The predicted molar refractivity (Wildman–Crippen MR) is 112 cm³/mol. The van der Waals surface area contributed by atoms with E-state index < -0.39 is 0 Å². The maximum atomic E-state index is 11.3. The molecule has 0 amide bonds. The molecule has 1 saturated heterocycles. The molecule has 27 heavy (non-hydrogen) atoms. The third kappa shape index (κ3) is 4.25. The number of likely N-dealkylation sites (N-methyl/N-ethyl adjacent to an activating group) is 1. The Hall–Kier alpha value is -2.12. The summed E-state index contributed by atoms with van der Waals surface area (Å²) in [4.78, 5) is 17.9. The molecular weight excluding hydrogens is 362 g/mol. The second kappa shape index (κ2) is 7.48. The molecule has 0 radical (unpaired) electrons. The molecule has 1 fully saturated rings. The van der Waals surface area contributed by atoms with Crippen LogP contribution >= 0.6 is 11.8 Å². The molecule has 144 valence electrons. The molecule has 0 saturated carbocycles. The van der Waals surface area contributed by atoms with E-state index >= 15 is 0 Å². The number of thioether (sulfide) groups is 1. The van der Waals surface area contributed by atoms with E-state index in [0.717, 1.165) is 22.0 Å². The maximum Gasteiger partial charge on any atom is 0.277 e. The molecule has 0 unspecified atom stereocenters. The zero-order valence-electron chi connectivity index (χ0n) is 16.3. The molecule has 0 N–H and O–H groups in total. The van der Waals surface area contributed by atoms with Crippen molar-refractivity contribution >= 4 is 39.1 Å². The molecule has 7 heteroatoms. The standard InChI is InChI=1S/C20H25N3O3S/c1-13(26-20(2,3)4)18-12-27-19(22(18)5)21-16-10-11-17(23(24)25)15-9-7-6-8-14(15)16/h6-11,13,18H,12H2,1-5H3/t13-,18+/m0/s1. The van der Waals surface area contributed by atoms with E-state index in [1.165, 1.54) is 6.07 Å². The van der Waals surface area contributed by atoms with Crippen LogP contribution in [0.25, 0.3) is 10.8 Å². The average molecular weight is 388 g/mol. The number of hydrogen-bond acceptors (Lipinski definition) is 5. The van der Waals surface area contributed by atoms with Crippen molar-refractivity contribution in [3.8, 4) is 0 Å². The van der Waals surface area contributed by atoms with Gasteiger partial charge in [0.25, 0.3) is 5.69 Å². The van der Waals surface area contributed by atoms with Gasteiger partial charge in [-0.25, -0.2) is 4.99 Å². The number of nitro benzene ring substituents is 1. The number of rotatable bonds is 4. The summed E-state index contributed by atoms with van der Waals surface area (Å²) in [6, 6.07) is 10.8. The number of benzene rings is 2. The Bertz CT molecular complexity index is 892. The van der Waals surface area contributed by atoms with Crippen LogP contribution in [0.4, 0.5) is 11.4 Å². The minimum Gasteiger partial charge on any atom is -0.371 e. The molecule has 2 aromatic rings. The van der Waals surface area contributed by atoms with Gasteiger partial charge >= 0.3 is 0 Å². The summed E-state index contributed by atoms with van der Waals surface area (Å²) in [7, 11) is 2.03. The molecule has 1 heterocycles. The molecule has 2 aromatic carbocycles. The Kier molecular flexibility index (Phi) is 5.44. The van der Waals surface area contributed by atoms with E-state index in [0.29, 0.717) is 5.39 Å². The van der Waals surface area contributed by atoms with Crippen molar-refractivity contribution in [2.24, 2.45) is 4.99 Å². The number of nitro groups is 1. The third-order valence-corrected chi connectivity index (χ3v) is 5.70. The van der Waals surface area contributed by atoms with Crippen LogP contribution in [0, 0.1) is 10.1 Å². The van der Waals surface area contributed by atoms with Crippen molar-refractivity contribution < 1.29 is 9.66 Å². The van der Waals surface area contributed by atoms with Crippen molar-refractivity contribution in [2.75, 3.05) is 12.8 Å². The summed E-state index contributed by atoms with van der Waals surface area (Å²) in [5.74, 6) is 0.900. The Morgan fingerprint density at radius 1 is 1.26 bits per heavy atom. The Morgan fingerprint density at radius 3 is 2.56 bits per heavy atom. The molecule has 3 rings (SSSR count). The van der Waals surface area contributed by atoms with Crippen LogP contribution in [-0.2, 0) is 4.74 Å². The van der Waals surface area contributed by atoms with Gasteiger partial charge in [0.05, 0.1) is 33.7 Å². The first-order valence-corrected chi connectivity index (χ1v) is 9.94. The van der Waals surface area contributed by atoms with Crippen molar-refractivity contribution in [2.45, 2.75) is 45.4 Å². The lowest BCUT2D eigenvalue weighted by Gasteiger charge is -2.32. The monoisotopic (exact) mass is 387 g/mol. The molecule has 1 aliphatic heterocycles. The van der Waals surface area contributed by atoms with Gasteiger partial charge in [-0.1, -0.05) is 30.0 Å². The van der Waals surface area contributed by atoms with Crippen LogP contribution in [0.2, 0.25) is 0 Å². The SMILES string of the molecule is C[C@H](OC(C)(C)C)[C@H]1CSC(=Nc2ccc([N+](=O)[O-])c3ccccc23)N1C. The molecule has 0 aliphatic carbocycles. The summed E-state index contributed by atoms with van der Waals surface area (Å²) in [6.45, 7) is 8.27. The maximum absolute atomic E-state index is 11.3. The average Bonchev–Trinajstić information content (AvgIpc) is 2.94. The number of fused-ring (bicyclic) bond motifs is 1. The minimum atomic E-state index is -0.350. The first-order chi connectivity index (χ1) is 12.7. The zero-order valence-corrected chi connectivity index (χ0v) is 17.1. The van der Waals surface area contributed by atoms with E-state index in [1.54, 1.807) is 23.9 Å². The van der Waals surface area contributed by atoms with E-state index in [2.05, 4.69) is 32.6 Å². The highest BCUT2D eigenvalue weighted by atomic mass is 32.2. The van der Waals surface area contributed by atoms with E-state index in [9.17, 15) is 10.1 Å². The fourth-order valence-corrected chi connectivity index (χ4v) is 4.66. The fourth-order valence-electron chi connectivity index (χ4n) is 3.34. The molecule has 2 atom stereocenters. The smallest absolute Gasteiger partial charge is 0.277 e. The zero-order chi connectivity index (χ0) is 19.8. The molecule has 0 spiro atoms. The van der Waals surface area contributed by atoms with Gasteiger partial charge in [-0.05, 0) is 39.8 Å². The first kappa shape index (κ1) is 19.6. The molecule has 1 aliphatic rings. The van der Waals surface area contributed by atoms with Gasteiger partial charge in [0.2, 0.25) is 0 Å². The normalized spacial score (nSPS) is 20.4. The van der Waals surface area contributed by atoms with Crippen molar-refractivity contribution in [1.29, 1.82) is 0 Å². The van der Waals surface area contributed by atoms with Crippen LogP contribution in [0.1, 0.15) is 27.7 Å². The fraction of sp³-hybridized carbons (Fsp3) is 0.450. The lowest BCUT2D eigenvalue weighted by atomic mass is 10.1. The summed E-state index contributed by atoms with van der Waals surface area (Å²) in [6.07, 6.45) is 0.0730. The Balaban J connectivity index is 1.92. The van der Waals surface area contributed by atoms with Crippen LogP contribution in [0.3, 0.4) is 0 Å². The molecule has 6 nitrogen and oxygen atoms in total. The van der Waals surface area contributed by atoms with Gasteiger partial charge in [-0.2, -0.15) is 0 Å². The van der Waals surface area contributed by atoms with Crippen molar-refractivity contribution in [3.05, 3.63) is 46.5 Å². The van der Waals surface area contributed by atoms with Gasteiger partial charge in [-0.15, -0.1) is 0 Å². The summed E-state index contributed by atoms with van der Waals surface area (Å²) < 4.78 is 6.12. The lowest BCUT2D eigenvalue weighted by molar-refractivity contribution is -0.383. The van der Waals surface area contributed by atoms with Crippen molar-refractivity contribution in [1.82, 2.24) is 4.90 Å². The topological polar surface area (TPSA) is 68.0 Å². The number of non-ortho nitro benzene ring substituents is 1. The summed E-state index contributed by atoms with van der Waals surface area (Å²) in [5.41, 5.74) is 0.655. The summed E-state index contributed by atoms with van der Waals surface area (Å²) in [5, 5.41) is 13.6. The minimum absolute atomic E-state index is 0.0730. The second-order valence-electron chi connectivity index (χ2n) is 7.73. The third-order valence-electron chi connectivity index (χ3n) is 4.55. The largest absolute Gasteiger partial charge is 0.371 e. The molecule has 0 aromatic heterocycles. The van der Waals surface area contributed by atoms with E-state index in [-0.39, 0.29) is 28.4 Å². The number of ether oxygens (including phenoxy) is 1. The number of nitrogens with zero attached hydrogens (tertiary/aromatic N) is 3. The lowest BCUT2D eigenvalue weighted by Crippen LogP contribution is -2.42. The van der Waals surface area contributed by atoms with Gasteiger partial charge in [0.15, 0.2) is 5.17 Å². The summed E-state index contributed by atoms with van der Waals surface area (Å²) >= 11 is 1.69. The van der Waals surface area contributed by atoms with Crippen LogP contribution in [0.5, 0.6) is 0 Å². The van der Waals surface area contributed by atoms with Crippen LogP contribution in [-0.4, -0.2) is 45.5 Å². The van der Waals surface area contributed by atoms with Crippen LogP contribution < -0.4 is 0 Å².